The van der Waals surface area contributed by atoms with Crippen molar-refractivity contribution in [1.82, 2.24) is 4.98 Å². The number of hydrogen-bond acceptors (Lipinski definition) is 3. The number of nitrogens with zero attached hydrogens (tertiary/aromatic N) is 1. The summed E-state index contributed by atoms with van der Waals surface area (Å²) in [5, 5.41) is 0. The monoisotopic (exact) mass is 256 g/mol. The quantitative estimate of drug-likeness (QED) is 0.913. The lowest BCUT2D eigenvalue weighted by Gasteiger charge is -2.12. The molecule has 0 saturated heterocycles. The van der Waals surface area contributed by atoms with Crippen molar-refractivity contribution >= 4 is 0 Å². The average molecular weight is 256 g/mol. The predicted molar refractivity (Wildman–Crippen MR) is 77.1 cm³/mol. The van der Waals surface area contributed by atoms with E-state index in [0.29, 0.717) is 6.61 Å². The highest BCUT2D eigenvalue weighted by Crippen LogP contribution is 2.22. The van der Waals surface area contributed by atoms with Gasteiger partial charge < -0.3 is 10.5 Å². The van der Waals surface area contributed by atoms with Crippen molar-refractivity contribution in [3.8, 4) is 5.75 Å². The summed E-state index contributed by atoms with van der Waals surface area (Å²) in [6.45, 7) is 6.54. The van der Waals surface area contributed by atoms with Gasteiger partial charge in [0, 0.05) is 12.2 Å². The highest BCUT2D eigenvalue weighted by molar-refractivity contribution is 5.37. The van der Waals surface area contributed by atoms with Crippen LogP contribution in [0, 0.1) is 13.8 Å². The van der Waals surface area contributed by atoms with E-state index in [1.54, 1.807) is 6.20 Å². The largest absolute Gasteiger partial charge is 0.487 e. The zero-order valence-electron chi connectivity index (χ0n) is 11.7. The molecule has 0 aliphatic carbocycles. The first kappa shape index (κ1) is 13.6. The van der Waals surface area contributed by atoms with Crippen molar-refractivity contribution in [3.63, 3.8) is 0 Å². The second-order valence-corrected chi connectivity index (χ2v) is 4.87. The van der Waals surface area contributed by atoms with E-state index in [0.717, 1.165) is 28.1 Å². The molecule has 1 atom stereocenters. The Morgan fingerprint density at radius 1 is 1.21 bits per heavy atom. The predicted octanol–water partition coefficient (Wildman–Crippen LogP) is 3.30. The fraction of sp³-hybridized carbons (Fsp3) is 0.312. The summed E-state index contributed by atoms with van der Waals surface area (Å²) in [5.74, 6) is 0.884. The van der Waals surface area contributed by atoms with Gasteiger partial charge in [0.15, 0.2) is 0 Å². The molecular formula is C16H20N2O. The van der Waals surface area contributed by atoms with Gasteiger partial charge in [-0.3, -0.25) is 4.98 Å². The van der Waals surface area contributed by atoms with Gasteiger partial charge in [0.2, 0.25) is 0 Å². The van der Waals surface area contributed by atoms with Gasteiger partial charge in [0.1, 0.15) is 12.4 Å². The van der Waals surface area contributed by atoms with E-state index < -0.39 is 0 Å². The molecule has 0 bridgehead atoms. The second kappa shape index (κ2) is 5.85. The number of rotatable bonds is 4. The van der Waals surface area contributed by atoms with Crippen LogP contribution in [0.4, 0.5) is 0 Å². The molecule has 2 N–H and O–H groups in total. The first-order valence-corrected chi connectivity index (χ1v) is 6.47. The SMILES string of the molecule is Cc1cc(C(C)N)ccc1OCc1ncccc1C. The lowest BCUT2D eigenvalue weighted by Crippen LogP contribution is -2.06. The van der Waals surface area contributed by atoms with E-state index in [-0.39, 0.29) is 6.04 Å². The molecule has 0 saturated carbocycles. The Hall–Kier alpha value is -1.87. The van der Waals surface area contributed by atoms with Crippen LogP contribution in [-0.4, -0.2) is 4.98 Å². The zero-order valence-corrected chi connectivity index (χ0v) is 11.7. The van der Waals surface area contributed by atoms with Crippen LogP contribution in [0.5, 0.6) is 5.75 Å². The lowest BCUT2D eigenvalue weighted by atomic mass is 10.1. The number of aromatic nitrogens is 1. The molecule has 0 aliphatic heterocycles. The van der Waals surface area contributed by atoms with E-state index in [4.69, 9.17) is 10.5 Å². The summed E-state index contributed by atoms with van der Waals surface area (Å²) in [7, 11) is 0. The van der Waals surface area contributed by atoms with Crippen LogP contribution in [0.2, 0.25) is 0 Å². The summed E-state index contributed by atoms with van der Waals surface area (Å²) < 4.78 is 5.84. The molecule has 1 aromatic heterocycles. The van der Waals surface area contributed by atoms with E-state index in [2.05, 4.69) is 11.1 Å². The van der Waals surface area contributed by atoms with Crippen molar-refractivity contribution < 1.29 is 4.74 Å². The smallest absolute Gasteiger partial charge is 0.130 e. The Kier molecular flexibility index (Phi) is 4.17. The van der Waals surface area contributed by atoms with Gasteiger partial charge >= 0.3 is 0 Å². The van der Waals surface area contributed by atoms with Crippen LogP contribution >= 0.6 is 0 Å². The number of ether oxygens (including phenoxy) is 1. The van der Waals surface area contributed by atoms with E-state index in [1.807, 2.05) is 45.0 Å². The third kappa shape index (κ3) is 3.32. The molecular weight excluding hydrogens is 236 g/mol. The summed E-state index contributed by atoms with van der Waals surface area (Å²) in [5.41, 5.74) is 10.2. The van der Waals surface area contributed by atoms with Crippen molar-refractivity contribution in [1.29, 1.82) is 0 Å². The third-order valence-electron chi connectivity index (χ3n) is 3.21. The van der Waals surface area contributed by atoms with Gasteiger partial charge in [-0.25, -0.2) is 0 Å². The molecule has 1 unspecified atom stereocenters. The van der Waals surface area contributed by atoms with Gasteiger partial charge in [-0.15, -0.1) is 0 Å². The molecule has 2 rings (SSSR count). The van der Waals surface area contributed by atoms with Crippen molar-refractivity contribution in [2.45, 2.75) is 33.4 Å². The number of hydrogen-bond donors (Lipinski definition) is 1. The summed E-state index contributed by atoms with van der Waals surface area (Å²) >= 11 is 0. The molecule has 3 heteroatoms. The van der Waals surface area contributed by atoms with E-state index in [9.17, 15) is 0 Å². The Labute approximate surface area is 114 Å². The third-order valence-corrected chi connectivity index (χ3v) is 3.21. The molecule has 1 heterocycles. The van der Waals surface area contributed by atoms with Crippen molar-refractivity contribution in [3.05, 3.63) is 58.9 Å². The summed E-state index contributed by atoms with van der Waals surface area (Å²) in [6, 6.07) is 10.1. The molecule has 0 radical (unpaired) electrons. The topological polar surface area (TPSA) is 48.1 Å². The molecule has 0 amide bonds. The molecule has 19 heavy (non-hydrogen) atoms. The van der Waals surface area contributed by atoms with Gasteiger partial charge in [0.25, 0.3) is 0 Å². The maximum atomic E-state index is 5.87. The average Bonchev–Trinajstić information content (AvgIpc) is 2.39. The minimum absolute atomic E-state index is 0.0470. The molecule has 100 valence electrons. The van der Waals surface area contributed by atoms with Crippen LogP contribution in [0.3, 0.4) is 0 Å². The van der Waals surface area contributed by atoms with Gasteiger partial charge in [-0.2, -0.15) is 0 Å². The Bertz CT molecular complexity index is 564. The minimum atomic E-state index is 0.0470. The van der Waals surface area contributed by atoms with Crippen LogP contribution in [-0.2, 0) is 6.61 Å². The number of benzene rings is 1. The Morgan fingerprint density at radius 2 is 2.00 bits per heavy atom. The summed E-state index contributed by atoms with van der Waals surface area (Å²) in [4.78, 5) is 4.32. The highest BCUT2D eigenvalue weighted by Gasteiger charge is 2.06. The standard InChI is InChI=1S/C16H20N2O/c1-11-5-4-8-18-15(11)10-19-16-7-6-14(13(3)17)9-12(16)2/h4-9,13H,10,17H2,1-3H3. The molecule has 0 fully saturated rings. The Morgan fingerprint density at radius 3 is 2.63 bits per heavy atom. The van der Waals surface area contributed by atoms with Crippen LogP contribution in [0.1, 0.15) is 35.3 Å². The van der Waals surface area contributed by atoms with Crippen LogP contribution < -0.4 is 10.5 Å². The van der Waals surface area contributed by atoms with Gasteiger partial charge in [-0.05, 0) is 49.6 Å². The van der Waals surface area contributed by atoms with Crippen molar-refractivity contribution in [2.24, 2.45) is 5.73 Å². The van der Waals surface area contributed by atoms with Gasteiger partial charge in [0.05, 0.1) is 5.69 Å². The molecule has 0 aliphatic rings. The number of aryl methyl sites for hydroxylation is 2. The normalized spacial score (nSPS) is 12.2. The number of pyridine rings is 1. The first-order chi connectivity index (χ1) is 9.08. The molecule has 0 spiro atoms. The summed E-state index contributed by atoms with van der Waals surface area (Å²) in [6.07, 6.45) is 1.79. The van der Waals surface area contributed by atoms with Gasteiger partial charge in [-0.1, -0.05) is 18.2 Å². The van der Waals surface area contributed by atoms with Crippen LogP contribution in [0.25, 0.3) is 0 Å². The highest BCUT2D eigenvalue weighted by atomic mass is 16.5. The first-order valence-electron chi connectivity index (χ1n) is 6.47. The zero-order chi connectivity index (χ0) is 13.8. The molecule has 3 nitrogen and oxygen atoms in total. The number of nitrogens with two attached hydrogens (primary N) is 1. The van der Waals surface area contributed by atoms with E-state index in [1.165, 1.54) is 0 Å². The fourth-order valence-corrected chi connectivity index (χ4v) is 1.93. The second-order valence-electron chi connectivity index (χ2n) is 4.87. The van der Waals surface area contributed by atoms with E-state index >= 15 is 0 Å². The maximum absolute atomic E-state index is 5.87. The Balaban J connectivity index is 2.10. The molecule has 2 aromatic rings. The van der Waals surface area contributed by atoms with Crippen LogP contribution in [0.15, 0.2) is 36.5 Å². The fourth-order valence-electron chi connectivity index (χ4n) is 1.93. The minimum Gasteiger partial charge on any atom is -0.487 e. The maximum Gasteiger partial charge on any atom is 0.130 e. The lowest BCUT2D eigenvalue weighted by molar-refractivity contribution is 0.298. The molecule has 1 aromatic carbocycles. The van der Waals surface area contributed by atoms with Crippen molar-refractivity contribution in [2.75, 3.05) is 0 Å².